The van der Waals surface area contributed by atoms with Crippen LogP contribution < -0.4 is 4.72 Å². The Kier molecular flexibility index (Phi) is 7.58. The number of hydrogen-bond donors (Lipinski definition) is 2. The number of aromatic nitrogens is 1. The van der Waals surface area contributed by atoms with Gasteiger partial charge in [-0.1, -0.05) is 48.0 Å². The molecule has 4 nitrogen and oxygen atoms in total. The highest BCUT2D eigenvalue weighted by Crippen LogP contribution is 2.42. The molecule has 0 radical (unpaired) electrons. The van der Waals surface area contributed by atoms with E-state index in [-0.39, 0.29) is 5.56 Å². The van der Waals surface area contributed by atoms with Crippen LogP contribution in [0.5, 0.6) is 0 Å². The third kappa shape index (κ3) is 5.61. The summed E-state index contributed by atoms with van der Waals surface area (Å²) in [5, 5.41) is 11.6. The van der Waals surface area contributed by atoms with Crippen LogP contribution in [-0.4, -0.2) is 25.2 Å². The Hall–Kier alpha value is -2.30. The van der Waals surface area contributed by atoms with Crippen molar-refractivity contribution in [1.82, 2.24) is 9.71 Å². The predicted molar refractivity (Wildman–Crippen MR) is 145 cm³/mol. The number of alkyl halides is 3. The number of fused-ring (bicyclic) bond motifs is 1. The second-order valence-electron chi connectivity index (χ2n) is 9.83. The van der Waals surface area contributed by atoms with E-state index in [4.69, 9.17) is 11.6 Å². The van der Waals surface area contributed by atoms with Crippen LogP contribution in [0.15, 0.2) is 66.9 Å². The van der Waals surface area contributed by atoms with E-state index < -0.39 is 33.6 Å². The molecule has 10 heteroatoms. The molecule has 0 saturated carbocycles. The van der Waals surface area contributed by atoms with E-state index in [1.165, 1.54) is 23.6 Å². The predicted octanol–water partition coefficient (Wildman–Crippen LogP) is 7.53. The van der Waals surface area contributed by atoms with Crippen LogP contribution in [0.2, 0.25) is 5.02 Å². The standard InChI is InChI=1S/C27H26ClF3N2O2S2/c1-25(2,3)37(35)33-23(18-9-5-6-11-20(18)28)22-14-16-8-7-10-19(24(16)36-22)21-15-17(12-13-32-21)26(4,34)27(29,30)31/h5-15,23,33-34H,1-4H3/t23-,26?,37?/m1/s1. The molecule has 0 spiro atoms. The molecule has 0 aliphatic carbocycles. The highest BCUT2D eigenvalue weighted by atomic mass is 35.5. The number of nitrogens with one attached hydrogen (secondary N) is 1. The number of halogens is 4. The van der Waals surface area contributed by atoms with Crippen molar-refractivity contribution in [3.63, 3.8) is 0 Å². The van der Waals surface area contributed by atoms with Crippen molar-refractivity contribution in [2.45, 2.75) is 50.3 Å². The van der Waals surface area contributed by atoms with Crippen molar-refractivity contribution < 1.29 is 22.5 Å². The Balaban J connectivity index is 1.84. The quantitative estimate of drug-likeness (QED) is 0.254. The Morgan fingerprint density at radius 1 is 1.03 bits per heavy atom. The fraction of sp³-hybridized carbons (Fsp3) is 0.296. The zero-order valence-corrected chi connectivity index (χ0v) is 22.9. The molecule has 0 fully saturated rings. The highest BCUT2D eigenvalue weighted by molar-refractivity contribution is 7.84. The molecule has 196 valence electrons. The van der Waals surface area contributed by atoms with Crippen LogP contribution in [0.25, 0.3) is 21.3 Å². The lowest BCUT2D eigenvalue weighted by molar-refractivity contribution is -0.258. The minimum Gasteiger partial charge on any atom is -0.376 e. The number of rotatable bonds is 6. The molecule has 0 bridgehead atoms. The van der Waals surface area contributed by atoms with Gasteiger partial charge in [-0.05, 0) is 68.5 Å². The smallest absolute Gasteiger partial charge is 0.376 e. The zero-order valence-electron chi connectivity index (χ0n) is 20.6. The summed E-state index contributed by atoms with van der Waals surface area (Å²) in [5.41, 5.74) is -1.62. The zero-order chi connectivity index (χ0) is 27.2. The van der Waals surface area contributed by atoms with Gasteiger partial charge in [0.25, 0.3) is 0 Å². The van der Waals surface area contributed by atoms with E-state index >= 15 is 0 Å². The van der Waals surface area contributed by atoms with E-state index in [0.717, 1.165) is 33.5 Å². The van der Waals surface area contributed by atoms with Crippen LogP contribution in [0.4, 0.5) is 13.2 Å². The van der Waals surface area contributed by atoms with E-state index in [1.54, 1.807) is 18.2 Å². The summed E-state index contributed by atoms with van der Waals surface area (Å²) in [6.45, 7) is 6.34. The summed E-state index contributed by atoms with van der Waals surface area (Å²) < 4.78 is 57.0. The number of nitrogens with zero attached hydrogens (tertiary/aromatic N) is 1. The van der Waals surface area contributed by atoms with Gasteiger partial charge >= 0.3 is 6.18 Å². The van der Waals surface area contributed by atoms with Crippen LogP contribution in [-0.2, 0) is 16.6 Å². The first-order chi connectivity index (χ1) is 17.2. The maximum Gasteiger partial charge on any atom is 0.421 e. The summed E-state index contributed by atoms with van der Waals surface area (Å²) in [5.74, 6) is 0. The summed E-state index contributed by atoms with van der Waals surface area (Å²) in [4.78, 5) is 5.14. The lowest BCUT2D eigenvalue weighted by Crippen LogP contribution is -2.39. The average molecular weight is 567 g/mol. The molecule has 4 rings (SSSR count). The second kappa shape index (κ2) is 10.1. The minimum absolute atomic E-state index is 0.296. The maximum absolute atomic E-state index is 13.5. The topological polar surface area (TPSA) is 62.2 Å². The van der Waals surface area contributed by atoms with Crippen molar-refractivity contribution >= 4 is 44.0 Å². The Bertz CT molecular complexity index is 1460. The third-order valence-corrected chi connectivity index (χ3v) is 9.15. The van der Waals surface area contributed by atoms with Crippen LogP contribution >= 0.6 is 22.9 Å². The minimum atomic E-state index is -4.84. The molecule has 2 unspecified atom stereocenters. The molecule has 4 aromatic rings. The summed E-state index contributed by atoms with van der Waals surface area (Å²) in [6, 6.07) is 16.7. The lowest BCUT2D eigenvalue weighted by atomic mass is 9.94. The SMILES string of the molecule is CC(C)(C)S(=O)N[C@@H](c1cc2cccc(-c3cc(C(C)(O)C(F)(F)F)ccn3)c2s1)c1ccccc1Cl. The second-order valence-corrected chi connectivity index (χ2v) is 13.3. The third-order valence-electron chi connectivity index (χ3n) is 5.99. The highest BCUT2D eigenvalue weighted by Gasteiger charge is 2.51. The molecule has 0 aliphatic rings. The molecule has 2 N–H and O–H groups in total. The molecule has 37 heavy (non-hydrogen) atoms. The van der Waals surface area contributed by atoms with Gasteiger partial charge in [0.2, 0.25) is 0 Å². The summed E-state index contributed by atoms with van der Waals surface area (Å²) in [7, 11) is -1.41. The molecular formula is C27H26ClF3N2O2S2. The fourth-order valence-corrected chi connectivity index (χ4v) is 6.13. The first-order valence-corrected chi connectivity index (χ1v) is 13.8. The number of hydrogen-bond acceptors (Lipinski definition) is 4. The van der Waals surface area contributed by atoms with Gasteiger partial charge in [0.15, 0.2) is 5.60 Å². The average Bonchev–Trinajstić information content (AvgIpc) is 3.26. The number of pyridine rings is 1. The van der Waals surface area contributed by atoms with Gasteiger partial charge in [-0.2, -0.15) is 13.2 Å². The number of aliphatic hydroxyl groups is 1. The maximum atomic E-state index is 13.5. The van der Waals surface area contributed by atoms with E-state index in [9.17, 15) is 22.5 Å². The first-order valence-electron chi connectivity index (χ1n) is 11.4. The lowest BCUT2D eigenvalue weighted by Gasteiger charge is -2.26. The molecular weight excluding hydrogens is 541 g/mol. The summed E-state index contributed by atoms with van der Waals surface area (Å²) >= 11 is 7.95. The Morgan fingerprint density at radius 3 is 2.38 bits per heavy atom. The van der Waals surface area contributed by atoms with Gasteiger partial charge in [0.05, 0.1) is 27.5 Å². The molecule has 3 atom stereocenters. The largest absolute Gasteiger partial charge is 0.421 e. The van der Waals surface area contributed by atoms with Crippen molar-refractivity contribution in [1.29, 1.82) is 0 Å². The van der Waals surface area contributed by atoms with E-state index in [1.807, 2.05) is 51.1 Å². The monoisotopic (exact) mass is 566 g/mol. The molecule has 2 aromatic heterocycles. The normalized spacial score (nSPS) is 15.9. The van der Waals surface area contributed by atoms with Crippen molar-refractivity contribution in [3.05, 3.63) is 87.9 Å². The van der Waals surface area contributed by atoms with Gasteiger partial charge < -0.3 is 5.11 Å². The molecule has 0 amide bonds. The molecule has 2 heterocycles. The molecule has 2 aromatic carbocycles. The van der Waals surface area contributed by atoms with Gasteiger partial charge in [0.1, 0.15) is 0 Å². The van der Waals surface area contributed by atoms with Crippen LogP contribution in [0.1, 0.15) is 49.7 Å². The van der Waals surface area contributed by atoms with E-state index in [0.29, 0.717) is 16.3 Å². The fourth-order valence-electron chi connectivity index (χ4n) is 3.74. The Labute approximate surface area is 225 Å². The van der Waals surface area contributed by atoms with Gasteiger partial charge in [-0.25, -0.2) is 8.93 Å². The van der Waals surface area contributed by atoms with Gasteiger partial charge in [-0.3, -0.25) is 4.98 Å². The van der Waals surface area contributed by atoms with Crippen LogP contribution in [0, 0.1) is 0 Å². The molecule has 0 aliphatic heterocycles. The van der Waals surface area contributed by atoms with Gasteiger partial charge in [-0.15, -0.1) is 11.3 Å². The van der Waals surface area contributed by atoms with Crippen LogP contribution in [0.3, 0.4) is 0 Å². The first kappa shape index (κ1) is 27.7. The van der Waals surface area contributed by atoms with Crippen molar-refractivity contribution in [2.75, 3.05) is 0 Å². The Morgan fingerprint density at radius 2 is 1.73 bits per heavy atom. The van der Waals surface area contributed by atoms with Crippen molar-refractivity contribution in [2.24, 2.45) is 0 Å². The summed E-state index contributed by atoms with van der Waals surface area (Å²) in [6.07, 6.45) is -3.58. The van der Waals surface area contributed by atoms with E-state index in [2.05, 4.69) is 9.71 Å². The number of thiophene rings is 1. The van der Waals surface area contributed by atoms with Gasteiger partial charge in [0, 0.05) is 26.4 Å². The molecule has 0 saturated heterocycles. The number of benzene rings is 2. The van der Waals surface area contributed by atoms with Crippen molar-refractivity contribution in [3.8, 4) is 11.3 Å².